The van der Waals surface area contributed by atoms with Crippen molar-refractivity contribution >= 4 is 11.6 Å². The van der Waals surface area contributed by atoms with E-state index >= 15 is 0 Å². The van der Waals surface area contributed by atoms with Gasteiger partial charge in [0.05, 0.1) is 5.92 Å². The van der Waals surface area contributed by atoms with Gasteiger partial charge in [-0.15, -0.1) is 0 Å². The first-order valence-corrected chi connectivity index (χ1v) is 4.72. The zero-order valence-electron chi connectivity index (χ0n) is 8.21. The summed E-state index contributed by atoms with van der Waals surface area (Å²) in [6, 6.07) is 0. The van der Waals surface area contributed by atoms with Crippen LogP contribution in [0.2, 0.25) is 0 Å². The number of Topliss-reactive ketones (excluding diaryl/α,β-unsaturated/α-hetero) is 2. The van der Waals surface area contributed by atoms with Crippen LogP contribution < -0.4 is 0 Å². The lowest BCUT2D eigenvalue weighted by molar-refractivity contribution is -0.137. The second kappa shape index (κ2) is 4.51. The molecular formula is C10H16O3. The number of carbonyl (C=O) groups excluding carboxylic acids is 2. The molecule has 1 atom stereocenters. The van der Waals surface area contributed by atoms with Crippen molar-refractivity contribution in [3.05, 3.63) is 0 Å². The van der Waals surface area contributed by atoms with E-state index in [9.17, 15) is 9.59 Å². The molecule has 0 aromatic carbocycles. The molecule has 0 saturated heterocycles. The highest BCUT2D eigenvalue weighted by Crippen LogP contribution is 2.29. The Morgan fingerprint density at radius 1 is 1.46 bits per heavy atom. The maximum atomic E-state index is 11.6. The Morgan fingerprint density at radius 2 is 2.08 bits per heavy atom. The fourth-order valence-corrected chi connectivity index (χ4v) is 1.47. The maximum absolute atomic E-state index is 11.6. The molecule has 1 unspecified atom stereocenters. The second-order valence-corrected chi connectivity index (χ2v) is 3.65. The quantitative estimate of drug-likeness (QED) is 0.603. The molecule has 74 valence electrons. The highest BCUT2D eigenvalue weighted by Gasteiger charge is 2.31. The summed E-state index contributed by atoms with van der Waals surface area (Å²) >= 11 is 0. The molecule has 0 aromatic heterocycles. The van der Waals surface area contributed by atoms with Crippen LogP contribution in [-0.4, -0.2) is 25.3 Å². The van der Waals surface area contributed by atoms with Crippen LogP contribution >= 0.6 is 0 Å². The Hall–Kier alpha value is -0.700. The summed E-state index contributed by atoms with van der Waals surface area (Å²) < 4.78 is 4.70. The van der Waals surface area contributed by atoms with E-state index in [2.05, 4.69) is 0 Å². The number of rotatable bonds is 5. The molecule has 0 bridgehead atoms. The van der Waals surface area contributed by atoms with Gasteiger partial charge in [-0.1, -0.05) is 6.42 Å². The van der Waals surface area contributed by atoms with Gasteiger partial charge in [0.15, 0.2) is 5.78 Å². The number of hydrogen-bond donors (Lipinski definition) is 0. The predicted octanol–water partition coefficient (Wildman–Crippen LogP) is 1.21. The Balaban J connectivity index is 2.40. The molecule has 1 fully saturated rings. The smallest absolute Gasteiger partial charge is 0.168 e. The van der Waals surface area contributed by atoms with Crippen molar-refractivity contribution in [2.75, 3.05) is 13.7 Å². The van der Waals surface area contributed by atoms with E-state index in [1.165, 1.54) is 7.11 Å². The molecule has 1 aliphatic rings. The van der Waals surface area contributed by atoms with E-state index in [1.807, 2.05) is 0 Å². The molecule has 0 amide bonds. The SMILES string of the molecule is COCC(=O)C(C)C(=O)C1CCC1. The summed E-state index contributed by atoms with van der Waals surface area (Å²) in [5, 5.41) is 0. The van der Waals surface area contributed by atoms with Crippen LogP contribution in [0.5, 0.6) is 0 Å². The molecule has 1 rings (SSSR count). The summed E-state index contributed by atoms with van der Waals surface area (Å²) in [7, 11) is 1.47. The van der Waals surface area contributed by atoms with Crippen molar-refractivity contribution < 1.29 is 14.3 Å². The van der Waals surface area contributed by atoms with E-state index in [0.29, 0.717) is 0 Å². The minimum Gasteiger partial charge on any atom is -0.377 e. The van der Waals surface area contributed by atoms with Gasteiger partial charge in [0.2, 0.25) is 0 Å². The average molecular weight is 184 g/mol. The van der Waals surface area contributed by atoms with Gasteiger partial charge in [0.25, 0.3) is 0 Å². The molecule has 0 aromatic rings. The molecule has 3 heteroatoms. The van der Waals surface area contributed by atoms with Crippen LogP contribution in [0.4, 0.5) is 0 Å². The number of methoxy groups -OCH3 is 1. The molecule has 0 spiro atoms. The van der Waals surface area contributed by atoms with Gasteiger partial charge in [0, 0.05) is 13.0 Å². The van der Waals surface area contributed by atoms with E-state index in [-0.39, 0.29) is 24.1 Å². The average Bonchev–Trinajstić information content (AvgIpc) is 2.00. The Bertz CT molecular complexity index is 206. The molecule has 0 aliphatic heterocycles. The van der Waals surface area contributed by atoms with Crippen LogP contribution in [0.3, 0.4) is 0 Å². The molecule has 0 radical (unpaired) electrons. The standard InChI is InChI=1S/C10H16O3/c1-7(9(11)6-13-2)10(12)8-4-3-5-8/h7-8H,3-6H2,1-2H3. The summed E-state index contributed by atoms with van der Waals surface area (Å²) in [6.07, 6.45) is 3.05. The largest absolute Gasteiger partial charge is 0.377 e. The minimum atomic E-state index is -0.467. The minimum absolute atomic E-state index is 0.0552. The fourth-order valence-electron chi connectivity index (χ4n) is 1.47. The van der Waals surface area contributed by atoms with Gasteiger partial charge in [-0.05, 0) is 19.8 Å². The van der Waals surface area contributed by atoms with Crippen molar-refractivity contribution in [3.8, 4) is 0 Å². The van der Waals surface area contributed by atoms with Crippen LogP contribution in [0.1, 0.15) is 26.2 Å². The zero-order chi connectivity index (χ0) is 9.84. The third-order valence-electron chi connectivity index (χ3n) is 2.70. The van der Waals surface area contributed by atoms with Crippen molar-refractivity contribution in [3.63, 3.8) is 0 Å². The summed E-state index contributed by atoms with van der Waals surface area (Å²) in [5.74, 6) is -0.311. The first-order valence-electron chi connectivity index (χ1n) is 4.72. The lowest BCUT2D eigenvalue weighted by atomic mass is 9.77. The second-order valence-electron chi connectivity index (χ2n) is 3.65. The summed E-state index contributed by atoms with van der Waals surface area (Å²) in [6.45, 7) is 1.74. The predicted molar refractivity (Wildman–Crippen MR) is 48.4 cm³/mol. The molecule has 0 heterocycles. The molecule has 3 nitrogen and oxygen atoms in total. The van der Waals surface area contributed by atoms with Gasteiger partial charge in [-0.2, -0.15) is 0 Å². The maximum Gasteiger partial charge on any atom is 0.168 e. The Labute approximate surface area is 78.5 Å². The van der Waals surface area contributed by atoms with Crippen molar-refractivity contribution in [1.29, 1.82) is 0 Å². The van der Waals surface area contributed by atoms with Crippen molar-refractivity contribution in [2.45, 2.75) is 26.2 Å². The van der Waals surface area contributed by atoms with E-state index in [4.69, 9.17) is 4.74 Å². The summed E-state index contributed by atoms with van der Waals surface area (Å²) in [5.41, 5.74) is 0. The lowest BCUT2D eigenvalue weighted by Gasteiger charge is -2.26. The summed E-state index contributed by atoms with van der Waals surface area (Å²) in [4.78, 5) is 22.8. The monoisotopic (exact) mass is 184 g/mol. The van der Waals surface area contributed by atoms with E-state index in [0.717, 1.165) is 19.3 Å². The zero-order valence-corrected chi connectivity index (χ0v) is 8.21. The molecule has 1 saturated carbocycles. The van der Waals surface area contributed by atoms with E-state index in [1.54, 1.807) is 6.92 Å². The normalized spacial score (nSPS) is 19.2. The topological polar surface area (TPSA) is 43.4 Å². The molecule has 1 aliphatic carbocycles. The molecular weight excluding hydrogens is 168 g/mol. The van der Waals surface area contributed by atoms with Gasteiger partial charge in [-0.3, -0.25) is 9.59 Å². The fraction of sp³-hybridized carbons (Fsp3) is 0.800. The van der Waals surface area contributed by atoms with Crippen LogP contribution in [0, 0.1) is 11.8 Å². The highest BCUT2D eigenvalue weighted by atomic mass is 16.5. The van der Waals surface area contributed by atoms with E-state index < -0.39 is 5.92 Å². The highest BCUT2D eigenvalue weighted by molar-refractivity contribution is 6.03. The van der Waals surface area contributed by atoms with Crippen molar-refractivity contribution in [2.24, 2.45) is 11.8 Å². The van der Waals surface area contributed by atoms with Gasteiger partial charge < -0.3 is 4.74 Å². The number of hydrogen-bond acceptors (Lipinski definition) is 3. The van der Waals surface area contributed by atoms with Gasteiger partial charge in [0.1, 0.15) is 12.4 Å². The number of carbonyl (C=O) groups is 2. The van der Waals surface area contributed by atoms with Gasteiger partial charge in [-0.25, -0.2) is 0 Å². The number of ether oxygens (including phenoxy) is 1. The van der Waals surface area contributed by atoms with Crippen LogP contribution in [0.15, 0.2) is 0 Å². The molecule has 13 heavy (non-hydrogen) atoms. The third-order valence-corrected chi connectivity index (χ3v) is 2.70. The number of ketones is 2. The van der Waals surface area contributed by atoms with Crippen molar-refractivity contribution in [1.82, 2.24) is 0 Å². The Morgan fingerprint density at radius 3 is 2.46 bits per heavy atom. The molecule has 0 N–H and O–H groups in total. The van der Waals surface area contributed by atoms with Crippen LogP contribution in [-0.2, 0) is 14.3 Å². The van der Waals surface area contributed by atoms with Gasteiger partial charge >= 0.3 is 0 Å². The first-order chi connectivity index (χ1) is 6.16. The lowest BCUT2D eigenvalue weighted by Crippen LogP contribution is -2.33. The third kappa shape index (κ3) is 2.37. The van der Waals surface area contributed by atoms with Crippen LogP contribution in [0.25, 0.3) is 0 Å². The Kier molecular flexibility index (Phi) is 3.60. The first kappa shape index (κ1) is 10.4.